The molecule has 17 heavy (non-hydrogen) atoms. The third kappa shape index (κ3) is 2.88. The topological polar surface area (TPSA) is 54.9 Å². The number of thiazole rings is 1. The van der Waals surface area contributed by atoms with E-state index in [-0.39, 0.29) is 5.91 Å². The normalized spacial score (nSPS) is 10.5. The van der Waals surface area contributed by atoms with E-state index in [4.69, 9.17) is 0 Å². The second kappa shape index (κ2) is 5.05. The fourth-order valence-corrected chi connectivity index (χ4v) is 2.15. The number of rotatable bonds is 3. The number of nitrogens with zero attached hydrogens (tertiary/aromatic N) is 2. The maximum absolute atomic E-state index is 11.8. The molecule has 1 N–H and O–H groups in total. The molecule has 0 aliphatic carbocycles. The van der Waals surface area contributed by atoms with Crippen molar-refractivity contribution in [3.8, 4) is 0 Å². The number of hydrogen-bond donors (Lipinski definition) is 1. The van der Waals surface area contributed by atoms with Crippen molar-refractivity contribution in [2.75, 3.05) is 5.32 Å². The first-order valence-corrected chi connectivity index (χ1v) is 6.21. The van der Waals surface area contributed by atoms with Gasteiger partial charge in [0.1, 0.15) is 0 Å². The maximum atomic E-state index is 11.8. The van der Waals surface area contributed by atoms with Crippen LogP contribution in [0.2, 0.25) is 0 Å². The van der Waals surface area contributed by atoms with E-state index in [0.29, 0.717) is 16.6 Å². The fraction of sp³-hybridized carbons (Fsp3) is 0.250. The van der Waals surface area contributed by atoms with Gasteiger partial charge in [0.2, 0.25) is 0 Å². The van der Waals surface area contributed by atoms with Gasteiger partial charge in [0.25, 0.3) is 5.91 Å². The lowest BCUT2D eigenvalue weighted by atomic mass is 10.2. The molecule has 0 fully saturated rings. The fourth-order valence-electron chi connectivity index (χ4n) is 1.28. The standard InChI is InChI=1S/C12H13N3OS/c1-8(2)10-7-17-12(14-10)15-11(16)9-3-5-13-6-4-9/h3-8H,1-2H3,(H,14,15,16). The van der Waals surface area contributed by atoms with Gasteiger partial charge in [0, 0.05) is 23.3 Å². The van der Waals surface area contributed by atoms with E-state index in [0.717, 1.165) is 5.69 Å². The van der Waals surface area contributed by atoms with Gasteiger partial charge in [-0.3, -0.25) is 15.1 Å². The minimum absolute atomic E-state index is 0.156. The van der Waals surface area contributed by atoms with Gasteiger partial charge in [-0.1, -0.05) is 13.8 Å². The smallest absolute Gasteiger partial charge is 0.257 e. The average Bonchev–Trinajstić information content (AvgIpc) is 2.79. The summed E-state index contributed by atoms with van der Waals surface area (Å²) in [6, 6.07) is 3.35. The molecule has 0 saturated heterocycles. The lowest BCUT2D eigenvalue weighted by Crippen LogP contribution is -2.11. The number of nitrogens with one attached hydrogen (secondary N) is 1. The lowest BCUT2D eigenvalue weighted by Gasteiger charge is -2.01. The van der Waals surface area contributed by atoms with Crippen molar-refractivity contribution in [1.29, 1.82) is 0 Å². The van der Waals surface area contributed by atoms with Crippen molar-refractivity contribution in [3.05, 3.63) is 41.2 Å². The van der Waals surface area contributed by atoms with Gasteiger partial charge in [0.15, 0.2) is 5.13 Å². The number of anilines is 1. The van der Waals surface area contributed by atoms with E-state index in [1.165, 1.54) is 11.3 Å². The highest BCUT2D eigenvalue weighted by Crippen LogP contribution is 2.21. The first-order valence-electron chi connectivity index (χ1n) is 5.33. The SMILES string of the molecule is CC(C)c1csc(NC(=O)c2ccncc2)n1. The molecule has 0 aromatic carbocycles. The van der Waals surface area contributed by atoms with Crippen molar-refractivity contribution in [1.82, 2.24) is 9.97 Å². The van der Waals surface area contributed by atoms with Crippen LogP contribution in [0.25, 0.3) is 0 Å². The molecule has 2 aromatic heterocycles. The highest BCUT2D eigenvalue weighted by molar-refractivity contribution is 7.14. The van der Waals surface area contributed by atoms with Crippen LogP contribution in [0.3, 0.4) is 0 Å². The molecule has 2 heterocycles. The molecule has 0 aliphatic rings. The van der Waals surface area contributed by atoms with Crippen LogP contribution in [0.5, 0.6) is 0 Å². The molecule has 0 aliphatic heterocycles. The summed E-state index contributed by atoms with van der Waals surface area (Å²) in [5, 5.41) is 5.37. The molecule has 5 heteroatoms. The van der Waals surface area contributed by atoms with Crippen LogP contribution in [-0.4, -0.2) is 15.9 Å². The van der Waals surface area contributed by atoms with Crippen LogP contribution >= 0.6 is 11.3 Å². The monoisotopic (exact) mass is 247 g/mol. The van der Waals surface area contributed by atoms with Gasteiger partial charge in [-0.15, -0.1) is 11.3 Å². The molecule has 0 atom stereocenters. The number of aromatic nitrogens is 2. The zero-order valence-corrected chi connectivity index (χ0v) is 10.5. The van der Waals surface area contributed by atoms with E-state index in [1.54, 1.807) is 24.5 Å². The Morgan fingerprint density at radius 2 is 2.06 bits per heavy atom. The second-order valence-corrected chi connectivity index (χ2v) is 4.78. The minimum Gasteiger partial charge on any atom is -0.298 e. The number of carbonyl (C=O) groups is 1. The van der Waals surface area contributed by atoms with E-state index in [2.05, 4.69) is 29.1 Å². The maximum Gasteiger partial charge on any atom is 0.257 e. The van der Waals surface area contributed by atoms with E-state index < -0.39 is 0 Å². The van der Waals surface area contributed by atoms with Gasteiger partial charge in [-0.05, 0) is 18.1 Å². The van der Waals surface area contributed by atoms with Crippen LogP contribution in [0.15, 0.2) is 29.9 Å². The van der Waals surface area contributed by atoms with Crippen molar-refractivity contribution >= 4 is 22.4 Å². The van der Waals surface area contributed by atoms with Crippen molar-refractivity contribution in [2.45, 2.75) is 19.8 Å². The second-order valence-electron chi connectivity index (χ2n) is 3.92. The zero-order valence-electron chi connectivity index (χ0n) is 9.68. The molecule has 0 unspecified atom stereocenters. The van der Waals surface area contributed by atoms with Crippen LogP contribution in [0, 0.1) is 0 Å². The summed E-state index contributed by atoms with van der Waals surface area (Å²) in [6.45, 7) is 4.15. The van der Waals surface area contributed by atoms with E-state index in [1.807, 2.05) is 5.38 Å². The van der Waals surface area contributed by atoms with Crippen molar-refractivity contribution in [3.63, 3.8) is 0 Å². The third-order valence-corrected chi connectivity index (χ3v) is 3.05. The summed E-state index contributed by atoms with van der Waals surface area (Å²) in [7, 11) is 0. The summed E-state index contributed by atoms with van der Waals surface area (Å²) in [4.78, 5) is 20.0. The number of pyridine rings is 1. The zero-order chi connectivity index (χ0) is 12.3. The molecule has 0 saturated carbocycles. The summed E-state index contributed by atoms with van der Waals surface area (Å²) < 4.78 is 0. The highest BCUT2D eigenvalue weighted by Gasteiger charge is 2.09. The molecule has 0 radical (unpaired) electrons. The molecule has 2 aromatic rings. The first kappa shape index (κ1) is 11.7. The largest absolute Gasteiger partial charge is 0.298 e. The van der Waals surface area contributed by atoms with Crippen molar-refractivity contribution in [2.24, 2.45) is 0 Å². The van der Waals surface area contributed by atoms with Crippen LogP contribution in [-0.2, 0) is 0 Å². The molecule has 2 rings (SSSR count). The van der Waals surface area contributed by atoms with E-state index in [9.17, 15) is 4.79 Å². The minimum atomic E-state index is -0.156. The first-order chi connectivity index (χ1) is 8.16. The lowest BCUT2D eigenvalue weighted by molar-refractivity contribution is 0.102. The van der Waals surface area contributed by atoms with Gasteiger partial charge in [-0.25, -0.2) is 4.98 Å². The Kier molecular flexibility index (Phi) is 3.49. The number of hydrogen-bond acceptors (Lipinski definition) is 4. The Labute approximate surface area is 104 Å². The van der Waals surface area contributed by atoms with Gasteiger partial charge in [0.05, 0.1) is 5.69 Å². The Balaban J connectivity index is 2.08. The molecular formula is C12H13N3OS. The third-order valence-electron chi connectivity index (χ3n) is 2.28. The van der Waals surface area contributed by atoms with Crippen LogP contribution in [0.1, 0.15) is 35.8 Å². The Bertz CT molecular complexity index is 507. The van der Waals surface area contributed by atoms with Gasteiger partial charge in [-0.2, -0.15) is 0 Å². The van der Waals surface area contributed by atoms with Gasteiger partial charge < -0.3 is 0 Å². The quantitative estimate of drug-likeness (QED) is 0.907. The summed E-state index contributed by atoms with van der Waals surface area (Å²) >= 11 is 1.44. The summed E-state index contributed by atoms with van der Waals surface area (Å²) in [5.41, 5.74) is 1.58. The van der Waals surface area contributed by atoms with Crippen molar-refractivity contribution < 1.29 is 4.79 Å². The average molecular weight is 247 g/mol. The molecule has 88 valence electrons. The Hall–Kier alpha value is -1.75. The predicted molar refractivity (Wildman–Crippen MR) is 68.4 cm³/mol. The van der Waals surface area contributed by atoms with Crippen LogP contribution in [0.4, 0.5) is 5.13 Å². The number of carbonyl (C=O) groups excluding carboxylic acids is 1. The highest BCUT2D eigenvalue weighted by atomic mass is 32.1. The molecular weight excluding hydrogens is 234 g/mol. The van der Waals surface area contributed by atoms with E-state index >= 15 is 0 Å². The Morgan fingerprint density at radius 1 is 1.35 bits per heavy atom. The molecule has 0 bridgehead atoms. The number of amides is 1. The van der Waals surface area contributed by atoms with Gasteiger partial charge >= 0.3 is 0 Å². The summed E-state index contributed by atoms with van der Waals surface area (Å²) in [6.07, 6.45) is 3.19. The van der Waals surface area contributed by atoms with Crippen LogP contribution < -0.4 is 5.32 Å². The summed E-state index contributed by atoms with van der Waals surface area (Å²) in [5.74, 6) is 0.217. The molecule has 0 spiro atoms. The molecule has 1 amide bonds. The predicted octanol–water partition coefficient (Wildman–Crippen LogP) is 2.91. The Morgan fingerprint density at radius 3 is 2.65 bits per heavy atom. The molecule has 4 nitrogen and oxygen atoms in total.